The average Bonchev–Trinajstić information content (AvgIpc) is 3.58. The molecule has 0 spiro atoms. The Bertz CT molecular complexity index is 2470. The fraction of sp³-hybridized carbons (Fsp3) is 0.458. The van der Waals surface area contributed by atoms with Crippen molar-refractivity contribution < 1.29 is 23.5 Å². The number of ether oxygens (including phenoxy) is 1. The van der Waals surface area contributed by atoms with Crippen molar-refractivity contribution in [3.8, 4) is 5.75 Å². The molecule has 9 rings (SSSR count). The van der Waals surface area contributed by atoms with E-state index in [-0.39, 0.29) is 40.7 Å². The summed E-state index contributed by atoms with van der Waals surface area (Å²) in [6, 6.07) is 13.6. The highest BCUT2D eigenvalue weighted by molar-refractivity contribution is 6.02. The van der Waals surface area contributed by atoms with E-state index in [4.69, 9.17) is 16.3 Å². The van der Waals surface area contributed by atoms with Crippen LogP contribution in [0.4, 0.5) is 21.6 Å². The van der Waals surface area contributed by atoms with Crippen LogP contribution in [0.5, 0.6) is 5.75 Å². The maximum Gasteiger partial charge on any atom is 0.255 e. The lowest BCUT2D eigenvalue weighted by Crippen LogP contribution is -2.74. The topological polar surface area (TPSA) is 128 Å². The van der Waals surface area contributed by atoms with Crippen LogP contribution in [0.1, 0.15) is 79.7 Å². The van der Waals surface area contributed by atoms with E-state index in [1.165, 1.54) is 6.07 Å². The fourth-order valence-electron chi connectivity index (χ4n) is 11.0. The SMILES string of the molecule is [C-]#[N+]c1ccc(OC2C(C)(C)C(NC(=O)c3ccc(N4CCC(CN5CCN(c6cc7c(cc6F)C(=O)N([C@H]6CCC(=C)NC6=O)C7)CC5)CC4)nc3)C2(C)C)c2cccnc12. The lowest BCUT2D eigenvalue weighted by Gasteiger charge is -2.63. The number of nitrogens with one attached hydrogen (secondary N) is 2. The zero-order valence-electron chi connectivity index (χ0n) is 35.9. The Morgan fingerprint density at radius 1 is 0.984 bits per heavy atom. The highest BCUT2D eigenvalue weighted by Gasteiger charge is 2.64. The van der Waals surface area contributed by atoms with Crippen LogP contribution in [-0.2, 0) is 11.3 Å². The largest absolute Gasteiger partial charge is 0.489 e. The second-order valence-corrected chi connectivity index (χ2v) is 18.8. The van der Waals surface area contributed by atoms with E-state index in [1.807, 2.05) is 36.4 Å². The van der Waals surface area contributed by atoms with Crippen molar-refractivity contribution in [2.24, 2.45) is 16.7 Å². The number of carbonyl (C=O) groups is 3. The van der Waals surface area contributed by atoms with Crippen LogP contribution in [0, 0.1) is 29.1 Å². The molecule has 4 aromatic rings. The van der Waals surface area contributed by atoms with Gasteiger partial charge in [-0.15, -0.1) is 0 Å². The number of piperazine rings is 1. The molecule has 2 N–H and O–H groups in total. The monoisotopic (exact) mass is 839 g/mol. The van der Waals surface area contributed by atoms with Gasteiger partial charge in [0.1, 0.15) is 29.5 Å². The highest BCUT2D eigenvalue weighted by atomic mass is 19.1. The number of anilines is 2. The number of rotatable bonds is 9. The summed E-state index contributed by atoms with van der Waals surface area (Å²) in [5, 5.41) is 6.85. The molecule has 4 fully saturated rings. The highest BCUT2D eigenvalue weighted by Crippen LogP contribution is 2.56. The number of hydrogen-bond acceptors (Lipinski definition) is 9. The van der Waals surface area contributed by atoms with E-state index in [0.29, 0.717) is 77.9 Å². The van der Waals surface area contributed by atoms with Gasteiger partial charge in [-0.05, 0) is 79.6 Å². The second kappa shape index (κ2) is 16.0. The van der Waals surface area contributed by atoms with E-state index in [2.05, 4.69) is 69.4 Å². The normalized spacial score (nSPS) is 23.7. The quantitative estimate of drug-likeness (QED) is 0.177. The number of amides is 3. The molecule has 0 bridgehead atoms. The number of carbonyl (C=O) groups excluding carboxylic acids is 3. The van der Waals surface area contributed by atoms with Gasteiger partial charge in [0.15, 0.2) is 0 Å². The smallest absolute Gasteiger partial charge is 0.255 e. The summed E-state index contributed by atoms with van der Waals surface area (Å²) in [7, 11) is 0. The third-order valence-corrected chi connectivity index (χ3v) is 14.1. The summed E-state index contributed by atoms with van der Waals surface area (Å²) in [5.74, 6) is 1.00. The van der Waals surface area contributed by atoms with E-state index in [9.17, 15) is 14.4 Å². The first-order valence-electron chi connectivity index (χ1n) is 21.8. The minimum Gasteiger partial charge on any atom is -0.489 e. The average molecular weight is 840 g/mol. The zero-order valence-corrected chi connectivity index (χ0v) is 35.9. The molecule has 1 saturated carbocycles. The number of nitrogens with zero attached hydrogens (tertiary/aromatic N) is 7. The summed E-state index contributed by atoms with van der Waals surface area (Å²) < 4.78 is 22.2. The van der Waals surface area contributed by atoms with Gasteiger partial charge in [-0.25, -0.2) is 14.2 Å². The summed E-state index contributed by atoms with van der Waals surface area (Å²) >= 11 is 0. The molecule has 14 heteroatoms. The van der Waals surface area contributed by atoms with Crippen LogP contribution in [0.15, 0.2) is 73.2 Å². The van der Waals surface area contributed by atoms with Crippen molar-refractivity contribution >= 4 is 45.8 Å². The molecule has 3 amide bonds. The van der Waals surface area contributed by atoms with Gasteiger partial charge in [0.25, 0.3) is 11.8 Å². The maximum atomic E-state index is 15.5. The van der Waals surface area contributed by atoms with Crippen molar-refractivity contribution in [2.45, 2.75) is 78.1 Å². The summed E-state index contributed by atoms with van der Waals surface area (Å²) in [4.78, 5) is 60.6. The van der Waals surface area contributed by atoms with Gasteiger partial charge in [-0.3, -0.25) is 24.3 Å². The van der Waals surface area contributed by atoms with Crippen molar-refractivity contribution in [3.05, 3.63) is 107 Å². The molecule has 322 valence electrons. The third kappa shape index (κ3) is 7.40. The Kier molecular flexibility index (Phi) is 10.7. The fourth-order valence-corrected chi connectivity index (χ4v) is 11.0. The second-order valence-electron chi connectivity index (χ2n) is 18.8. The molecule has 0 radical (unpaired) electrons. The first-order chi connectivity index (χ1) is 29.7. The van der Waals surface area contributed by atoms with Crippen molar-refractivity contribution in [3.63, 3.8) is 0 Å². The van der Waals surface area contributed by atoms with Crippen LogP contribution in [0.25, 0.3) is 15.7 Å². The minimum absolute atomic E-state index is 0.153. The Morgan fingerprint density at radius 3 is 2.44 bits per heavy atom. The van der Waals surface area contributed by atoms with Crippen LogP contribution in [0.3, 0.4) is 0 Å². The summed E-state index contributed by atoms with van der Waals surface area (Å²) in [6.45, 7) is 25.9. The Morgan fingerprint density at radius 2 is 1.74 bits per heavy atom. The van der Waals surface area contributed by atoms with Crippen molar-refractivity contribution in [2.75, 3.05) is 55.6 Å². The van der Waals surface area contributed by atoms with Crippen LogP contribution in [-0.4, -0.2) is 101 Å². The predicted molar refractivity (Wildman–Crippen MR) is 236 cm³/mol. The molecule has 4 aliphatic heterocycles. The Balaban J connectivity index is 0.741. The minimum atomic E-state index is -0.573. The molecule has 5 aliphatic rings. The van der Waals surface area contributed by atoms with Gasteiger partial charge in [-0.2, -0.15) is 0 Å². The lowest BCUT2D eigenvalue weighted by atomic mass is 9.49. The van der Waals surface area contributed by atoms with Gasteiger partial charge in [0.2, 0.25) is 11.6 Å². The van der Waals surface area contributed by atoms with Gasteiger partial charge in [0.05, 0.1) is 23.3 Å². The van der Waals surface area contributed by atoms with Crippen molar-refractivity contribution in [1.29, 1.82) is 0 Å². The molecule has 2 aromatic heterocycles. The number of allylic oxidation sites excluding steroid dienone is 1. The van der Waals surface area contributed by atoms with E-state index in [0.717, 1.165) is 62.3 Å². The molecule has 0 unspecified atom stereocenters. The van der Waals surface area contributed by atoms with E-state index >= 15 is 4.39 Å². The zero-order chi connectivity index (χ0) is 43.5. The van der Waals surface area contributed by atoms with Gasteiger partial charge >= 0.3 is 0 Å². The molecule has 2 aromatic carbocycles. The summed E-state index contributed by atoms with van der Waals surface area (Å²) in [5.41, 5.74) is 3.16. The molecular weight excluding hydrogens is 786 g/mol. The number of hydrogen-bond donors (Lipinski definition) is 2. The molecule has 3 saturated heterocycles. The molecule has 6 heterocycles. The molecule has 1 atom stereocenters. The number of piperidine rings is 2. The Hall–Kier alpha value is -6.07. The standard InChI is InChI=1S/C48H54FN9O4/c1-29-9-12-37(43(60)53-29)58-28-32-24-38(35(49)25-34(32)44(58)61)56-22-20-55(21-23-56)27-30-15-18-57(19-16-30)40-14-10-31(26-52-40)42(59)54-45-47(2,3)46(48(45,4)5)62-39-13-11-36(50-6)41-33(39)8-7-17-51-41/h7-8,10-11,13-14,17,24-26,30,37,45-46H,1,9,12,15-16,18-23,27-28H2,2-5H3,(H,53,60)(H,54,59)/t37-,45?,46?/m0/s1. The van der Waals surface area contributed by atoms with Crippen LogP contribution >= 0.6 is 0 Å². The first-order valence-corrected chi connectivity index (χ1v) is 21.8. The van der Waals surface area contributed by atoms with E-state index in [1.54, 1.807) is 23.4 Å². The molecule has 13 nitrogen and oxygen atoms in total. The summed E-state index contributed by atoms with van der Waals surface area (Å²) in [6.07, 6.45) is 6.36. The van der Waals surface area contributed by atoms with Gasteiger partial charge < -0.3 is 30.1 Å². The number of halogens is 1. The van der Waals surface area contributed by atoms with Gasteiger partial charge in [0, 0.05) is 98.3 Å². The molecule has 1 aliphatic carbocycles. The van der Waals surface area contributed by atoms with Crippen LogP contribution < -0.4 is 25.2 Å². The lowest BCUT2D eigenvalue weighted by molar-refractivity contribution is -0.163. The third-order valence-electron chi connectivity index (χ3n) is 14.1. The Labute approximate surface area is 362 Å². The van der Waals surface area contributed by atoms with Crippen LogP contribution in [0.2, 0.25) is 0 Å². The predicted octanol–water partition coefficient (Wildman–Crippen LogP) is 6.72. The first kappa shape index (κ1) is 41.3. The maximum absolute atomic E-state index is 15.5. The molecule has 62 heavy (non-hydrogen) atoms. The van der Waals surface area contributed by atoms with E-state index < -0.39 is 11.9 Å². The van der Waals surface area contributed by atoms with Crippen molar-refractivity contribution in [1.82, 2.24) is 30.4 Å². The number of aromatic nitrogens is 2. The molecular formula is C48H54FN9O4. The number of fused-ring (bicyclic) bond motifs is 2. The number of benzene rings is 2. The van der Waals surface area contributed by atoms with Gasteiger partial charge in [-0.1, -0.05) is 40.3 Å². The number of pyridine rings is 2.